The maximum atomic E-state index is 14.4. The Kier molecular flexibility index (Phi) is 3.36. The van der Waals surface area contributed by atoms with Crippen molar-refractivity contribution in [3.05, 3.63) is 22.7 Å². The van der Waals surface area contributed by atoms with Crippen LogP contribution in [0.25, 0.3) is 0 Å². The Morgan fingerprint density at radius 1 is 1.68 bits per heavy atom. The lowest BCUT2D eigenvalue weighted by Crippen LogP contribution is -2.35. The molecule has 2 rings (SSSR count). The third-order valence-electron chi connectivity index (χ3n) is 2.80. The molecule has 0 unspecified atom stereocenters. The van der Waals surface area contributed by atoms with Crippen molar-refractivity contribution in [3.63, 3.8) is 0 Å². The predicted molar refractivity (Wildman–Crippen MR) is 64.4 cm³/mol. The first-order valence-electron chi connectivity index (χ1n) is 6.54. The quantitative estimate of drug-likeness (QED) is 0.813. The Morgan fingerprint density at radius 3 is 3.00 bits per heavy atom. The number of nitrogens with zero attached hydrogens (tertiary/aromatic N) is 2. The van der Waals surface area contributed by atoms with Crippen LogP contribution >= 0.6 is 0 Å². The zero-order valence-electron chi connectivity index (χ0n) is 12.4. The van der Waals surface area contributed by atoms with Gasteiger partial charge >= 0.3 is 5.69 Å². The van der Waals surface area contributed by atoms with E-state index in [1.165, 1.54) is 19.4 Å². The Balaban J connectivity index is 2.37. The first-order chi connectivity index (χ1) is 9.81. The second kappa shape index (κ2) is 5.64. The van der Waals surface area contributed by atoms with Gasteiger partial charge in [0.25, 0.3) is 0 Å². The van der Waals surface area contributed by atoms with Crippen LogP contribution in [0.15, 0.2) is 17.1 Å². The number of nitrogen functional groups attached to an aromatic ring is 1. The van der Waals surface area contributed by atoms with Gasteiger partial charge in [-0.1, -0.05) is 0 Å². The zero-order chi connectivity index (χ0) is 15.8. The van der Waals surface area contributed by atoms with E-state index in [1.54, 1.807) is 0 Å². The molecule has 0 aromatic carbocycles. The van der Waals surface area contributed by atoms with E-state index in [9.17, 15) is 9.18 Å². The molecule has 0 amide bonds. The maximum absolute atomic E-state index is 14.4. The molecule has 0 spiro atoms. The molecule has 2 heterocycles. The lowest BCUT2D eigenvalue weighted by molar-refractivity contribution is -0.0624. The fourth-order valence-electron chi connectivity index (χ4n) is 1.94. The van der Waals surface area contributed by atoms with Gasteiger partial charge in [-0.25, -0.2) is 9.18 Å². The lowest BCUT2D eigenvalue weighted by Gasteiger charge is -2.16. The summed E-state index contributed by atoms with van der Waals surface area (Å²) in [4.78, 5) is 15.2. The molecule has 0 saturated carbocycles. The van der Waals surface area contributed by atoms with Gasteiger partial charge in [-0.05, 0) is 6.07 Å². The highest BCUT2D eigenvalue weighted by Crippen LogP contribution is 2.32. The highest BCUT2D eigenvalue weighted by Gasteiger charge is 2.46. The van der Waals surface area contributed by atoms with Crippen LogP contribution < -0.4 is 11.4 Å². The Labute approximate surface area is 111 Å². The number of aromatic nitrogens is 2. The first-order valence-corrected chi connectivity index (χ1v) is 5.54. The summed E-state index contributed by atoms with van der Waals surface area (Å²) in [5, 5.41) is 0. The summed E-state index contributed by atoms with van der Waals surface area (Å²) in [6.45, 7) is -2.27. The molecule has 8 heteroatoms. The fourth-order valence-corrected chi connectivity index (χ4v) is 1.94. The maximum Gasteiger partial charge on any atom is 0.351 e. The van der Waals surface area contributed by atoms with E-state index >= 15 is 0 Å². The molecule has 1 saturated heterocycles. The summed E-state index contributed by atoms with van der Waals surface area (Å²) in [5.74, 6) is -0.00304. The number of nitrogens with two attached hydrogens (primary N) is 1. The highest BCUT2D eigenvalue weighted by molar-refractivity contribution is 5.23. The Hall–Kier alpha value is -1.51. The number of halogens is 1. The summed E-state index contributed by atoms with van der Waals surface area (Å²) in [6, 6.07) is 1.32. The molecule has 1 aromatic rings. The SMILES string of the molecule is [2H]C([2H])(OC)[C@H]1O[C@@H](n2ccc(N)nc2=O)[C@H](F)[C@@H]1OC. The van der Waals surface area contributed by atoms with Gasteiger partial charge in [0.2, 0.25) is 0 Å². The number of methoxy groups -OCH3 is 2. The van der Waals surface area contributed by atoms with Crippen LogP contribution in [-0.2, 0) is 14.2 Å². The molecule has 0 aliphatic carbocycles. The number of rotatable bonds is 4. The van der Waals surface area contributed by atoms with Crippen molar-refractivity contribution in [1.29, 1.82) is 0 Å². The number of ether oxygens (including phenoxy) is 3. The van der Waals surface area contributed by atoms with Crippen LogP contribution in [0, 0.1) is 0 Å². The van der Waals surface area contributed by atoms with Crippen LogP contribution in [0.4, 0.5) is 10.2 Å². The third kappa shape index (κ3) is 2.60. The largest absolute Gasteiger partial charge is 0.383 e. The first kappa shape index (κ1) is 11.3. The van der Waals surface area contributed by atoms with E-state index in [-0.39, 0.29) is 5.82 Å². The molecular formula is C11H16FN3O4. The minimum absolute atomic E-state index is 0.00304. The summed E-state index contributed by atoms with van der Waals surface area (Å²) >= 11 is 0. The standard InChI is InChI=1S/C11H16FN3O4/c1-17-5-6-9(18-2)8(12)10(19-6)15-4-3-7(13)14-11(15)16/h3-4,6,8-10H,5H2,1-2H3,(H2,13,14,16)/t6-,8-,9-,10-/m1/s1/i5D2. The minimum atomic E-state index is -2.27. The second-order valence-electron chi connectivity index (χ2n) is 3.96. The van der Waals surface area contributed by atoms with Gasteiger partial charge in [-0.2, -0.15) is 4.98 Å². The molecule has 1 aliphatic rings. The minimum Gasteiger partial charge on any atom is -0.383 e. The molecule has 1 fully saturated rings. The van der Waals surface area contributed by atoms with E-state index in [0.717, 1.165) is 11.7 Å². The number of hydrogen-bond acceptors (Lipinski definition) is 6. The average Bonchev–Trinajstić information content (AvgIpc) is 2.76. The molecule has 2 N–H and O–H groups in total. The molecule has 1 aliphatic heterocycles. The van der Waals surface area contributed by atoms with E-state index in [0.29, 0.717) is 0 Å². The molecular weight excluding hydrogens is 257 g/mol. The van der Waals surface area contributed by atoms with Gasteiger partial charge in [0, 0.05) is 20.4 Å². The highest BCUT2D eigenvalue weighted by atomic mass is 19.1. The van der Waals surface area contributed by atoms with Crippen LogP contribution in [0.1, 0.15) is 8.97 Å². The molecule has 0 radical (unpaired) electrons. The van der Waals surface area contributed by atoms with E-state index in [1.807, 2.05) is 0 Å². The van der Waals surface area contributed by atoms with Crippen molar-refractivity contribution in [1.82, 2.24) is 9.55 Å². The van der Waals surface area contributed by atoms with Gasteiger partial charge in [-0.15, -0.1) is 0 Å². The van der Waals surface area contributed by atoms with Crippen molar-refractivity contribution in [2.24, 2.45) is 0 Å². The summed E-state index contributed by atoms with van der Waals surface area (Å²) in [5.41, 5.74) is 4.57. The normalized spacial score (nSPS) is 33.0. The predicted octanol–water partition coefficient (Wildman–Crippen LogP) is -0.278. The van der Waals surface area contributed by atoms with Crippen molar-refractivity contribution in [3.8, 4) is 0 Å². The Bertz CT molecular complexity index is 571. The fraction of sp³-hybridized carbons (Fsp3) is 0.636. The molecule has 7 nitrogen and oxygen atoms in total. The van der Waals surface area contributed by atoms with E-state index in [4.69, 9.17) is 17.9 Å². The summed E-state index contributed by atoms with van der Waals surface area (Å²) in [6.07, 6.45) is -4.47. The average molecular weight is 275 g/mol. The smallest absolute Gasteiger partial charge is 0.351 e. The van der Waals surface area contributed by atoms with Crippen LogP contribution in [0.3, 0.4) is 0 Å². The van der Waals surface area contributed by atoms with Gasteiger partial charge in [0.05, 0.1) is 9.30 Å². The van der Waals surface area contributed by atoms with Crippen molar-refractivity contribution in [2.45, 2.75) is 24.6 Å². The van der Waals surface area contributed by atoms with Crippen LogP contribution in [0.2, 0.25) is 0 Å². The summed E-state index contributed by atoms with van der Waals surface area (Å²) < 4.78 is 45.7. The van der Waals surface area contributed by atoms with Crippen molar-refractivity contribution < 1.29 is 21.3 Å². The van der Waals surface area contributed by atoms with Crippen LogP contribution in [-0.4, -0.2) is 48.7 Å². The molecule has 106 valence electrons. The zero-order valence-corrected chi connectivity index (χ0v) is 10.4. The van der Waals surface area contributed by atoms with Gasteiger partial charge in [0.1, 0.15) is 18.0 Å². The Morgan fingerprint density at radius 2 is 2.42 bits per heavy atom. The monoisotopic (exact) mass is 275 g/mol. The molecule has 0 bridgehead atoms. The van der Waals surface area contributed by atoms with E-state index in [2.05, 4.69) is 9.72 Å². The third-order valence-corrected chi connectivity index (χ3v) is 2.80. The van der Waals surface area contributed by atoms with Gasteiger partial charge in [0.15, 0.2) is 12.4 Å². The molecule has 1 aromatic heterocycles. The van der Waals surface area contributed by atoms with Gasteiger partial charge in [-0.3, -0.25) is 4.57 Å². The summed E-state index contributed by atoms with van der Waals surface area (Å²) in [7, 11) is 2.36. The lowest BCUT2D eigenvalue weighted by atomic mass is 10.1. The molecule has 4 atom stereocenters. The number of alkyl halides is 1. The van der Waals surface area contributed by atoms with E-state index < -0.39 is 36.9 Å². The number of hydrogen-bond donors (Lipinski definition) is 1. The van der Waals surface area contributed by atoms with Crippen molar-refractivity contribution >= 4 is 5.82 Å². The molecule has 19 heavy (non-hydrogen) atoms. The second-order valence-corrected chi connectivity index (χ2v) is 3.96. The number of anilines is 1. The van der Waals surface area contributed by atoms with Crippen molar-refractivity contribution in [2.75, 3.05) is 26.5 Å². The van der Waals surface area contributed by atoms with Crippen LogP contribution in [0.5, 0.6) is 0 Å². The van der Waals surface area contributed by atoms with Gasteiger partial charge < -0.3 is 19.9 Å². The topological polar surface area (TPSA) is 88.6 Å².